The minimum atomic E-state index is -0.475. The molecule has 0 spiro atoms. The summed E-state index contributed by atoms with van der Waals surface area (Å²) in [6.07, 6.45) is 1.48. The summed E-state index contributed by atoms with van der Waals surface area (Å²) in [5.41, 5.74) is 2.22. The molecule has 2 aromatic carbocycles. The van der Waals surface area contributed by atoms with E-state index in [9.17, 15) is 14.9 Å². The number of amides is 1. The van der Waals surface area contributed by atoms with Crippen LogP contribution in [0.5, 0.6) is 0 Å². The first kappa shape index (κ1) is 15.3. The predicted molar refractivity (Wildman–Crippen MR) is 90.2 cm³/mol. The minimum Gasteiger partial charge on any atom is -0.337 e. The number of benzene rings is 2. The molecule has 0 aliphatic rings. The van der Waals surface area contributed by atoms with Gasteiger partial charge in [-0.3, -0.25) is 19.9 Å². The van der Waals surface area contributed by atoms with Crippen molar-refractivity contribution in [3.05, 3.63) is 58.8 Å². The molecule has 0 fully saturated rings. The SMILES string of the molecule is CC(=O)Nc1ccccc1Nc1cnc2cc([N+](=O)[O-])ccc2n1. The Morgan fingerprint density at radius 2 is 1.88 bits per heavy atom. The number of carbonyl (C=O) groups is 1. The first-order valence-electron chi connectivity index (χ1n) is 7.08. The molecule has 2 N–H and O–H groups in total. The zero-order valence-electron chi connectivity index (χ0n) is 12.7. The van der Waals surface area contributed by atoms with E-state index >= 15 is 0 Å². The fourth-order valence-electron chi connectivity index (χ4n) is 2.20. The normalized spacial score (nSPS) is 10.4. The number of nitro groups is 1. The second-order valence-electron chi connectivity index (χ2n) is 5.04. The number of para-hydroxylation sites is 2. The number of rotatable bonds is 4. The van der Waals surface area contributed by atoms with Gasteiger partial charge in [0, 0.05) is 19.1 Å². The summed E-state index contributed by atoms with van der Waals surface area (Å²) in [6, 6.07) is 11.5. The molecule has 1 heterocycles. The molecule has 1 amide bonds. The number of nitrogens with zero attached hydrogens (tertiary/aromatic N) is 3. The summed E-state index contributed by atoms with van der Waals surface area (Å²) in [5.74, 6) is 0.287. The number of nitrogens with one attached hydrogen (secondary N) is 2. The zero-order chi connectivity index (χ0) is 17.1. The lowest BCUT2D eigenvalue weighted by atomic mass is 10.2. The highest BCUT2D eigenvalue weighted by Crippen LogP contribution is 2.25. The van der Waals surface area contributed by atoms with Crippen LogP contribution in [0, 0.1) is 10.1 Å². The van der Waals surface area contributed by atoms with Crippen LogP contribution in [0.25, 0.3) is 11.0 Å². The molecule has 0 radical (unpaired) electrons. The maximum atomic E-state index is 11.3. The van der Waals surface area contributed by atoms with Crippen molar-refractivity contribution in [3.63, 3.8) is 0 Å². The van der Waals surface area contributed by atoms with Crippen molar-refractivity contribution in [1.82, 2.24) is 9.97 Å². The Bertz CT molecular complexity index is 942. The van der Waals surface area contributed by atoms with Gasteiger partial charge in [-0.25, -0.2) is 4.98 Å². The van der Waals surface area contributed by atoms with Gasteiger partial charge >= 0.3 is 0 Å². The first-order valence-corrected chi connectivity index (χ1v) is 7.08. The van der Waals surface area contributed by atoms with Crippen molar-refractivity contribution in [2.75, 3.05) is 10.6 Å². The van der Waals surface area contributed by atoms with E-state index in [4.69, 9.17) is 0 Å². The quantitative estimate of drug-likeness (QED) is 0.563. The van der Waals surface area contributed by atoms with Gasteiger partial charge in [0.1, 0.15) is 5.82 Å². The third-order valence-corrected chi connectivity index (χ3v) is 3.24. The topological polar surface area (TPSA) is 110 Å². The number of nitro benzene ring substituents is 1. The van der Waals surface area contributed by atoms with Crippen molar-refractivity contribution < 1.29 is 9.72 Å². The van der Waals surface area contributed by atoms with Gasteiger partial charge in [0.05, 0.1) is 33.5 Å². The average Bonchev–Trinajstić information content (AvgIpc) is 2.55. The Labute approximate surface area is 136 Å². The summed E-state index contributed by atoms with van der Waals surface area (Å²) in [4.78, 5) is 30.1. The van der Waals surface area contributed by atoms with Crippen molar-refractivity contribution in [1.29, 1.82) is 0 Å². The van der Waals surface area contributed by atoms with Crippen LogP contribution in [0.2, 0.25) is 0 Å². The maximum absolute atomic E-state index is 11.3. The summed E-state index contributed by atoms with van der Waals surface area (Å²) in [6.45, 7) is 1.43. The second kappa shape index (κ2) is 6.29. The Balaban J connectivity index is 1.92. The Morgan fingerprint density at radius 3 is 2.58 bits per heavy atom. The van der Waals surface area contributed by atoms with E-state index in [0.29, 0.717) is 28.2 Å². The van der Waals surface area contributed by atoms with Crippen LogP contribution in [-0.4, -0.2) is 20.8 Å². The molecular formula is C16H13N5O3. The van der Waals surface area contributed by atoms with Crippen molar-refractivity contribution in [2.45, 2.75) is 6.92 Å². The molecule has 8 nitrogen and oxygen atoms in total. The van der Waals surface area contributed by atoms with Gasteiger partial charge in [0.15, 0.2) is 0 Å². The van der Waals surface area contributed by atoms with Crippen LogP contribution in [-0.2, 0) is 4.79 Å². The van der Waals surface area contributed by atoms with E-state index in [1.807, 2.05) is 12.1 Å². The lowest BCUT2D eigenvalue weighted by Gasteiger charge is -2.11. The number of non-ortho nitro benzene ring substituents is 1. The van der Waals surface area contributed by atoms with Crippen molar-refractivity contribution >= 4 is 39.8 Å². The molecule has 0 aliphatic heterocycles. The number of fused-ring (bicyclic) bond motifs is 1. The summed E-state index contributed by atoms with van der Waals surface area (Å²) in [5, 5.41) is 16.6. The zero-order valence-corrected chi connectivity index (χ0v) is 12.7. The van der Waals surface area contributed by atoms with E-state index in [1.165, 1.54) is 25.3 Å². The largest absolute Gasteiger partial charge is 0.337 e. The molecule has 0 aliphatic carbocycles. The van der Waals surface area contributed by atoms with Crippen LogP contribution >= 0.6 is 0 Å². The molecule has 0 unspecified atom stereocenters. The molecule has 8 heteroatoms. The highest BCUT2D eigenvalue weighted by molar-refractivity contribution is 5.93. The third-order valence-electron chi connectivity index (χ3n) is 3.24. The second-order valence-corrected chi connectivity index (χ2v) is 5.04. The molecular weight excluding hydrogens is 310 g/mol. The van der Waals surface area contributed by atoms with E-state index in [2.05, 4.69) is 20.6 Å². The summed E-state index contributed by atoms with van der Waals surface area (Å²) >= 11 is 0. The van der Waals surface area contributed by atoms with Gasteiger partial charge < -0.3 is 10.6 Å². The highest BCUT2D eigenvalue weighted by atomic mass is 16.6. The molecule has 1 aromatic heterocycles. The highest BCUT2D eigenvalue weighted by Gasteiger charge is 2.09. The van der Waals surface area contributed by atoms with Crippen LogP contribution in [0.4, 0.5) is 22.9 Å². The Kier molecular flexibility index (Phi) is 4.02. The van der Waals surface area contributed by atoms with E-state index in [0.717, 1.165) is 0 Å². The standard InChI is InChI=1S/C16H13N5O3/c1-10(22)18-12-4-2-3-5-13(12)19-16-9-17-15-8-11(21(23)24)6-7-14(15)20-16/h2-9H,1H3,(H,18,22)(H,19,20). The molecule has 24 heavy (non-hydrogen) atoms. The number of hydrogen-bond donors (Lipinski definition) is 2. The monoisotopic (exact) mass is 323 g/mol. The van der Waals surface area contributed by atoms with Crippen LogP contribution < -0.4 is 10.6 Å². The fourth-order valence-corrected chi connectivity index (χ4v) is 2.20. The van der Waals surface area contributed by atoms with Gasteiger partial charge in [-0.1, -0.05) is 12.1 Å². The first-order chi connectivity index (χ1) is 11.5. The predicted octanol–water partition coefficient (Wildman–Crippen LogP) is 3.24. The number of anilines is 3. The Morgan fingerprint density at radius 1 is 1.12 bits per heavy atom. The lowest BCUT2D eigenvalue weighted by Crippen LogP contribution is -2.08. The van der Waals surface area contributed by atoms with Gasteiger partial charge in [-0.15, -0.1) is 0 Å². The maximum Gasteiger partial charge on any atom is 0.271 e. The molecule has 0 saturated carbocycles. The van der Waals surface area contributed by atoms with Crippen molar-refractivity contribution in [2.24, 2.45) is 0 Å². The Hall–Kier alpha value is -3.55. The van der Waals surface area contributed by atoms with Gasteiger partial charge in [0.2, 0.25) is 5.91 Å². The summed E-state index contributed by atoms with van der Waals surface area (Å²) < 4.78 is 0. The molecule has 0 atom stereocenters. The third kappa shape index (κ3) is 3.27. The van der Waals surface area contributed by atoms with Crippen LogP contribution in [0.3, 0.4) is 0 Å². The van der Waals surface area contributed by atoms with Gasteiger partial charge in [0.25, 0.3) is 5.69 Å². The van der Waals surface area contributed by atoms with Crippen LogP contribution in [0.15, 0.2) is 48.7 Å². The molecule has 0 bridgehead atoms. The van der Waals surface area contributed by atoms with E-state index in [-0.39, 0.29) is 11.6 Å². The van der Waals surface area contributed by atoms with Crippen LogP contribution in [0.1, 0.15) is 6.92 Å². The number of aromatic nitrogens is 2. The number of hydrogen-bond acceptors (Lipinski definition) is 6. The molecule has 3 aromatic rings. The van der Waals surface area contributed by atoms with Gasteiger partial charge in [-0.05, 0) is 18.2 Å². The van der Waals surface area contributed by atoms with Crippen molar-refractivity contribution in [3.8, 4) is 0 Å². The fraction of sp³-hybridized carbons (Fsp3) is 0.0625. The average molecular weight is 323 g/mol. The summed E-state index contributed by atoms with van der Waals surface area (Å²) in [7, 11) is 0. The van der Waals surface area contributed by atoms with Gasteiger partial charge in [-0.2, -0.15) is 0 Å². The number of carbonyl (C=O) groups excluding carboxylic acids is 1. The molecule has 3 rings (SSSR count). The molecule has 0 saturated heterocycles. The lowest BCUT2D eigenvalue weighted by molar-refractivity contribution is -0.384. The van der Waals surface area contributed by atoms with E-state index in [1.54, 1.807) is 18.2 Å². The minimum absolute atomic E-state index is 0.0338. The van der Waals surface area contributed by atoms with E-state index < -0.39 is 4.92 Å². The smallest absolute Gasteiger partial charge is 0.271 e. The molecule has 120 valence electrons.